The highest BCUT2D eigenvalue weighted by Crippen LogP contribution is 2.14. The third-order valence-electron chi connectivity index (χ3n) is 1.46. The lowest BCUT2D eigenvalue weighted by Gasteiger charge is -2.24. The molecule has 0 bridgehead atoms. The molecule has 5 heteroatoms. The standard InChI is InChI=1S/C12H20O5/c1-11(2,3)16-9(14)8(7-13)10(15)17-12(4,5)6/h7-8H,1-6H3. The highest BCUT2D eigenvalue weighted by atomic mass is 16.6. The molecule has 0 aliphatic rings. The van der Waals surface area contributed by atoms with E-state index in [4.69, 9.17) is 9.47 Å². The fraction of sp³-hybridized carbons (Fsp3) is 0.750. The Morgan fingerprint density at radius 2 is 1.18 bits per heavy atom. The SMILES string of the molecule is CC(C)(C)OC(=O)C(C=O)C(=O)OC(C)(C)C. The largest absolute Gasteiger partial charge is 0.459 e. The molecule has 0 aliphatic heterocycles. The monoisotopic (exact) mass is 244 g/mol. The molecular weight excluding hydrogens is 224 g/mol. The van der Waals surface area contributed by atoms with Gasteiger partial charge in [-0.1, -0.05) is 0 Å². The summed E-state index contributed by atoms with van der Waals surface area (Å²) in [5.41, 5.74) is -1.50. The predicted molar refractivity (Wildman–Crippen MR) is 61.2 cm³/mol. The van der Waals surface area contributed by atoms with Gasteiger partial charge in [0.05, 0.1) is 0 Å². The van der Waals surface area contributed by atoms with E-state index < -0.39 is 29.1 Å². The van der Waals surface area contributed by atoms with Crippen LogP contribution in [0, 0.1) is 5.92 Å². The van der Waals surface area contributed by atoms with Crippen molar-refractivity contribution in [2.24, 2.45) is 5.92 Å². The van der Waals surface area contributed by atoms with E-state index in [0.29, 0.717) is 0 Å². The van der Waals surface area contributed by atoms with Crippen LogP contribution in [0.2, 0.25) is 0 Å². The van der Waals surface area contributed by atoms with E-state index in [-0.39, 0.29) is 6.29 Å². The average Bonchev–Trinajstić information content (AvgIpc) is 1.96. The smallest absolute Gasteiger partial charge is 0.328 e. The molecule has 0 rings (SSSR count). The van der Waals surface area contributed by atoms with E-state index in [0.717, 1.165) is 0 Å². The van der Waals surface area contributed by atoms with Gasteiger partial charge in [0.25, 0.3) is 0 Å². The predicted octanol–water partition coefficient (Wildman–Crippen LogP) is 1.48. The van der Waals surface area contributed by atoms with Gasteiger partial charge in [0, 0.05) is 0 Å². The van der Waals surface area contributed by atoms with E-state index in [2.05, 4.69) is 0 Å². The number of ether oxygens (including phenoxy) is 2. The van der Waals surface area contributed by atoms with Crippen molar-refractivity contribution in [2.45, 2.75) is 52.7 Å². The van der Waals surface area contributed by atoms with Gasteiger partial charge in [-0.25, -0.2) is 0 Å². The van der Waals surface area contributed by atoms with Crippen molar-refractivity contribution in [3.63, 3.8) is 0 Å². The van der Waals surface area contributed by atoms with Gasteiger partial charge in [0.15, 0.2) is 0 Å². The molecule has 0 unspecified atom stereocenters. The molecule has 5 nitrogen and oxygen atoms in total. The van der Waals surface area contributed by atoms with Crippen LogP contribution >= 0.6 is 0 Å². The molecule has 0 spiro atoms. The minimum Gasteiger partial charge on any atom is -0.459 e. The van der Waals surface area contributed by atoms with Gasteiger partial charge in [0.1, 0.15) is 17.5 Å². The maximum absolute atomic E-state index is 11.6. The minimum atomic E-state index is -1.52. The molecule has 0 aliphatic carbocycles. The fourth-order valence-electron chi connectivity index (χ4n) is 0.938. The second-order valence-corrected chi connectivity index (χ2v) is 5.68. The molecule has 0 aromatic rings. The van der Waals surface area contributed by atoms with Gasteiger partial charge >= 0.3 is 11.9 Å². The number of hydrogen-bond donors (Lipinski definition) is 0. The normalized spacial score (nSPS) is 12.2. The van der Waals surface area contributed by atoms with Crippen molar-refractivity contribution in [2.75, 3.05) is 0 Å². The Hall–Kier alpha value is -1.39. The van der Waals surface area contributed by atoms with Gasteiger partial charge in [-0.15, -0.1) is 0 Å². The highest BCUT2D eigenvalue weighted by Gasteiger charge is 2.34. The maximum atomic E-state index is 11.6. The summed E-state index contributed by atoms with van der Waals surface area (Å²) in [6.45, 7) is 9.93. The molecule has 0 saturated heterocycles. The van der Waals surface area contributed by atoms with Crippen LogP contribution in [0.25, 0.3) is 0 Å². The zero-order valence-electron chi connectivity index (χ0n) is 11.2. The Labute approximate surface area is 101 Å². The van der Waals surface area contributed by atoms with Crippen LogP contribution in [0.5, 0.6) is 0 Å². The summed E-state index contributed by atoms with van der Waals surface area (Å²) < 4.78 is 9.91. The van der Waals surface area contributed by atoms with Gasteiger partial charge < -0.3 is 14.3 Å². The van der Waals surface area contributed by atoms with Crippen molar-refractivity contribution in [1.82, 2.24) is 0 Å². The molecule has 0 aromatic heterocycles. The molecular formula is C12H20O5. The van der Waals surface area contributed by atoms with E-state index in [1.54, 1.807) is 41.5 Å². The van der Waals surface area contributed by atoms with Crippen molar-refractivity contribution >= 4 is 18.2 Å². The van der Waals surface area contributed by atoms with Crippen molar-refractivity contribution in [1.29, 1.82) is 0 Å². The highest BCUT2D eigenvalue weighted by molar-refractivity contribution is 6.07. The van der Waals surface area contributed by atoms with Crippen LogP contribution in [0.1, 0.15) is 41.5 Å². The first-order valence-corrected chi connectivity index (χ1v) is 5.37. The summed E-state index contributed by atoms with van der Waals surface area (Å²) in [6, 6.07) is 0. The first-order valence-electron chi connectivity index (χ1n) is 5.37. The van der Waals surface area contributed by atoms with Crippen molar-refractivity contribution in [3.05, 3.63) is 0 Å². The number of rotatable bonds is 3. The topological polar surface area (TPSA) is 69.7 Å². The molecule has 17 heavy (non-hydrogen) atoms. The quantitative estimate of drug-likeness (QED) is 0.427. The Morgan fingerprint density at radius 1 is 0.882 bits per heavy atom. The van der Waals surface area contributed by atoms with E-state index in [1.165, 1.54) is 0 Å². The Kier molecular flexibility index (Phi) is 4.86. The zero-order valence-corrected chi connectivity index (χ0v) is 11.2. The lowest BCUT2D eigenvalue weighted by Crippen LogP contribution is -2.37. The van der Waals surface area contributed by atoms with E-state index in [1.807, 2.05) is 0 Å². The number of aldehydes is 1. The molecule has 0 N–H and O–H groups in total. The fourth-order valence-corrected chi connectivity index (χ4v) is 0.938. The van der Waals surface area contributed by atoms with Crippen LogP contribution in [-0.4, -0.2) is 29.4 Å². The third kappa shape index (κ3) is 6.71. The van der Waals surface area contributed by atoms with Crippen LogP contribution in [-0.2, 0) is 23.9 Å². The lowest BCUT2D eigenvalue weighted by atomic mass is 10.1. The number of esters is 2. The van der Waals surface area contributed by atoms with Gasteiger partial charge in [0.2, 0.25) is 5.92 Å². The van der Waals surface area contributed by atoms with Gasteiger partial charge in [-0.2, -0.15) is 0 Å². The molecule has 0 radical (unpaired) electrons. The lowest BCUT2D eigenvalue weighted by molar-refractivity contribution is -0.173. The summed E-state index contributed by atoms with van der Waals surface area (Å²) >= 11 is 0. The minimum absolute atomic E-state index is 0.238. The van der Waals surface area contributed by atoms with Gasteiger partial charge in [-0.05, 0) is 41.5 Å². The molecule has 0 heterocycles. The van der Waals surface area contributed by atoms with Crippen LogP contribution in [0.15, 0.2) is 0 Å². The number of carbonyl (C=O) groups excluding carboxylic acids is 3. The van der Waals surface area contributed by atoms with Crippen LogP contribution in [0.4, 0.5) is 0 Å². The zero-order chi connectivity index (χ0) is 13.9. The summed E-state index contributed by atoms with van der Waals surface area (Å²) in [5, 5.41) is 0. The van der Waals surface area contributed by atoms with E-state index in [9.17, 15) is 14.4 Å². The molecule has 98 valence electrons. The maximum Gasteiger partial charge on any atom is 0.328 e. The summed E-state index contributed by atoms with van der Waals surface area (Å²) in [4.78, 5) is 33.9. The second-order valence-electron chi connectivity index (χ2n) is 5.68. The molecule has 0 aromatic carbocycles. The second kappa shape index (κ2) is 5.29. The van der Waals surface area contributed by atoms with E-state index >= 15 is 0 Å². The van der Waals surface area contributed by atoms with Crippen molar-refractivity contribution < 1.29 is 23.9 Å². The Morgan fingerprint density at radius 3 is 1.35 bits per heavy atom. The summed E-state index contributed by atoms with van der Waals surface area (Å²) in [7, 11) is 0. The number of hydrogen-bond acceptors (Lipinski definition) is 5. The molecule has 0 saturated carbocycles. The van der Waals surface area contributed by atoms with Crippen LogP contribution < -0.4 is 0 Å². The van der Waals surface area contributed by atoms with Crippen molar-refractivity contribution in [3.8, 4) is 0 Å². The molecule has 0 amide bonds. The Bertz CT molecular complexity index is 278. The first kappa shape index (κ1) is 15.6. The van der Waals surface area contributed by atoms with Gasteiger partial charge in [-0.3, -0.25) is 9.59 Å². The molecule has 0 fully saturated rings. The summed E-state index contributed by atoms with van der Waals surface area (Å²) in [6.07, 6.45) is 0.238. The third-order valence-corrected chi connectivity index (χ3v) is 1.46. The average molecular weight is 244 g/mol. The van der Waals surface area contributed by atoms with Crippen LogP contribution in [0.3, 0.4) is 0 Å². The Balaban J connectivity index is 4.68. The molecule has 0 atom stereocenters. The number of carbonyl (C=O) groups is 3. The first-order chi connectivity index (χ1) is 7.46. The summed E-state index contributed by atoms with van der Waals surface area (Å²) in [5.74, 6) is -3.29.